The summed E-state index contributed by atoms with van der Waals surface area (Å²) in [6, 6.07) is 0.190. The molecular weight excluding hydrogens is 294 g/mol. The summed E-state index contributed by atoms with van der Waals surface area (Å²) in [5.41, 5.74) is -0.562. The van der Waals surface area contributed by atoms with Crippen molar-refractivity contribution in [3.8, 4) is 6.01 Å². The van der Waals surface area contributed by atoms with Gasteiger partial charge in [-0.05, 0) is 19.8 Å². The van der Waals surface area contributed by atoms with Gasteiger partial charge in [-0.1, -0.05) is 6.92 Å². The molecule has 0 bridgehead atoms. The van der Waals surface area contributed by atoms with Gasteiger partial charge in [0.25, 0.3) is 0 Å². The van der Waals surface area contributed by atoms with Crippen LogP contribution >= 0.6 is 0 Å². The second-order valence-electron chi connectivity index (χ2n) is 5.42. The van der Waals surface area contributed by atoms with Gasteiger partial charge in [0.05, 0.1) is 24.2 Å². The highest BCUT2D eigenvalue weighted by Gasteiger charge is 2.39. The molecule has 0 aliphatic carbocycles. The minimum atomic E-state index is -2.99. The zero-order chi connectivity index (χ0) is 15.5. The maximum atomic E-state index is 11.6. The zero-order valence-corrected chi connectivity index (χ0v) is 13.3. The molecule has 1 fully saturated rings. The van der Waals surface area contributed by atoms with Crippen LogP contribution < -0.4 is 15.4 Å². The fourth-order valence-corrected chi connectivity index (χ4v) is 4.29. The third-order valence-corrected chi connectivity index (χ3v) is 5.15. The molecule has 0 radical (unpaired) electrons. The summed E-state index contributed by atoms with van der Waals surface area (Å²) in [4.78, 5) is 12.5. The van der Waals surface area contributed by atoms with Crippen molar-refractivity contribution >= 4 is 21.7 Å². The van der Waals surface area contributed by atoms with Crippen molar-refractivity contribution in [2.24, 2.45) is 0 Å². The van der Waals surface area contributed by atoms with Crippen LogP contribution in [0.25, 0.3) is 0 Å². The predicted molar refractivity (Wildman–Crippen MR) is 80.5 cm³/mol. The highest BCUT2D eigenvalue weighted by atomic mass is 32.2. The number of nitrogens with one attached hydrogen (secondary N) is 2. The molecule has 9 heteroatoms. The Labute approximate surface area is 124 Å². The number of sulfone groups is 1. The number of rotatable bonds is 6. The minimum Gasteiger partial charge on any atom is -0.467 e. The topological polar surface area (TPSA) is 106 Å². The quantitative estimate of drug-likeness (QED) is 0.790. The number of nitrogens with zero attached hydrogens (tertiary/aromatic N) is 3. The smallest absolute Gasteiger partial charge is 0.322 e. The molecule has 8 nitrogen and oxygen atoms in total. The number of hydrogen-bond acceptors (Lipinski definition) is 8. The Balaban J connectivity index is 2.19. The molecule has 1 aromatic heterocycles. The first-order valence-corrected chi connectivity index (χ1v) is 8.70. The Hall–Kier alpha value is -1.64. The van der Waals surface area contributed by atoms with E-state index in [1.807, 2.05) is 13.8 Å². The van der Waals surface area contributed by atoms with E-state index in [0.717, 1.165) is 13.0 Å². The molecule has 0 spiro atoms. The molecule has 118 valence electrons. The summed E-state index contributed by atoms with van der Waals surface area (Å²) in [5.74, 6) is 0.987. The molecule has 2 N–H and O–H groups in total. The van der Waals surface area contributed by atoms with E-state index in [2.05, 4.69) is 25.6 Å². The van der Waals surface area contributed by atoms with Crippen LogP contribution in [-0.4, -0.2) is 54.1 Å². The number of aromatic nitrogens is 3. The maximum Gasteiger partial charge on any atom is 0.322 e. The summed E-state index contributed by atoms with van der Waals surface area (Å²) in [5, 5.41) is 6.17. The van der Waals surface area contributed by atoms with E-state index < -0.39 is 15.4 Å². The Kier molecular flexibility index (Phi) is 4.50. The first-order valence-electron chi connectivity index (χ1n) is 6.88. The van der Waals surface area contributed by atoms with Crippen molar-refractivity contribution in [3.05, 3.63) is 0 Å². The summed E-state index contributed by atoms with van der Waals surface area (Å²) in [7, 11) is -1.52. The SMILES string of the molecule is CCCNc1nc(NC2(C)CCS(=O)(=O)C2)nc(OC)n1. The normalized spacial score (nSPS) is 23.8. The van der Waals surface area contributed by atoms with Crippen LogP contribution in [0, 0.1) is 0 Å². The Morgan fingerprint density at radius 3 is 2.57 bits per heavy atom. The van der Waals surface area contributed by atoms with Gasteiger partial charge in [-0.25, -0.2) is 8.42 Å². The van der Waals surface area contributed by atoms with E-state index in [1.165, 1.54) is 7.11 Å². The van der Waals surface area contributed by atoms with Crippen molar-refractivity contribution in [3.63, 3.8) is 0 Å². The third kappa shape index (κ3) is 4.16. The average Bonchev–Trinajstić information content (AvgIpc) is 2.69. The monoisotopic (exact) mass is 315 g/mol. The largest absolute Gasteiger partial charge is 0.467 e. The number of anilines is 2. The van der Waals surface area contributed by atoms with Gasteiger partial charge in [-0.3, -0.25) is 0 Å². The second kappa shape index (κ2) is 6.00. The van der Waals surface area contributed by atoms with Gasteiger partial charge in [0.2, 0.25) is 11.9 Å². The van der Waals surface area contributed by atoms with Crippen LogP contribution in [0.5, 0.6) is 6.01 Å². The van der Waals surface area contributed by atoms with Gasteiger partial charge < -0.3 is 15.4 Å². The van der Waals surface area contributed by atoms with Crippen LogP contribution in [0.4, 0.5) is 11.9 Å². The maximum absolute atomic E-state index is 11.6. The van der Waals surface area contributed by atoms with Crippen molar-refractivity contribution in [2.75, 3.05) is 35.8 Å². The molecule has 1 aliphatic heterocycles. The van der Waals surface area contributed by atoms with Gasteiger partial charge in [0, 0.05) is 6.54 Å². The molecular formula is C12H21N5O3S. The molecule has 0 aromatic carbocycles. The standard InChI is InChI=1S/C12H21N5O3S/c1-4-6-13-9-14-10(16-11(15-9)20-3)17-12(2)5-7-21(18,19)8-12/h4-8H2,1-3H3,(H2,13,14,15,16,17). The molecule has 21 heavy (non-hydrogen) atoms. The van der Waals surface area contributed by atoms with E-state index in [1.54, 1.807) is 0 Å². The summed E-state index contributed by atoms with van der Waals surface area (Å²) < 4.78 is 28.3. The van der Waals surface area contributed by atoms with Gasteiger partial charge in [0.15, 0.2) is 9.84 Å². The second-order valence-corrected chi connectivity index (χ2v) is 7.61. The summed E-state index contributed by atoms with van der Waals surface area (Å²) >= 11 is 0. The van der Waals surface area contributed by atoms with Crippen molar-refractivity contribution < 1.29 is 13.2 Å². The summed E-state index contributed by atoms with van der Waals surface area (Å²) in [6.07, 6.45) is 1.47. The third-order valence-electron chi connectivity index (χ3n) is 3.25. The number of ether oxygens (including phenoxy) is 1. The lowest BCUT2D eigenvalue weighted by atomic mass is 10.0. The molecule has 2 heterocycles. The zero-order valence-electron chi connectivity index (χ0n) is 12.5. The van der Waals surface area contributed by atoms with Gasteiger partial charge in [0.1, 0.15) is 0 Å². The van der Waals surface area contributed by atoms with Gasteiger partial charge >= 0.3 is 6.01 Å². The van der Waals surface area contributed by atoms with E-state index in [0.29, 0.717) is 18.3 Å². The molecule has 1 unspecified atom stereocenters. The van der Waals surface area contributed by atoms with Gasteiger partial charge in [-0.15, -0.1) is 0 Å². The van der Waals surface area contributed by atoms with E-state index >= 15 is 0 Å². The van der Waals surface area contributed by atoms with E-state index in [-0.39, 0.29) is 17.5 Å². The predicted octanol–water partition coefficient (Wildman–Crippen LogP) is 0.691. The Morgan fingerprint density at radius 2 is 2.00 bits per heavy atom. The first-order chi connectivity index (χ1) is 9.86. The molecule has 2 rings (SSSR count). The minimum absolute atomic E-state index is 0.0751. The lowest BCUT2D eigenvalue weighted by molar-refractivity contribution is 0.379. The van der Waals surface area contributed by atoms with Crippen LogP contribution in [0.2, 0.25) is 0 Å². The summed E-state index contributed by atoms with van der Waals surface area (Å²) in [6.45, 7) is 4.63. The Bertz CT molecular complexity index is 607. The fraction of sp³-hybridized carbons (Fsp3) is 0.750. The van der Waals surface area contributed by atoms with Crippen molar-refractivity contribution in [1.82, 2.24) is 15.0 Å². The van der Waals surface area contributed by atoms with E-state index in [9.17, 15) is 8.42 Å². The van der Waals surface area contributed by atoms with Crippen molar-refractivity contribution in [2.45, 2.75) is 32.2 Å². The lowest BCUT2D eigenvalue weighted by Crippen LogP contribution is -2.36. The number of hydrogen-bond donors (Lipinski definition) is 2. The molecule has 1 aliphatic rings. The average molecular weight is 315 g/mol. The van der Waals surface area contributed by atoms with E-state index in [4.69, 9.17) is 4.74 Å². The number of methoxy groups -OCH3 is 1. The fourth-order valence-electron chi connectivity index (χ4n) is 2.20. The van der Waals surface area contributed by atoms with Gasteiger partial charge in [-0.2, -0.15) is 15.0 Å². The molecule has 1 atom stereocenters. The van der Waals surface area contributed by atoms with Crippen molar-refractivity contribution in [1.29, 1.82) is 0 Å². The first kappa shape index (κ1) is 15.7. The highest BCUT2D eigenvalue weighted by molar-refractivity contribution is 7.91. The van der Waals surface area contributed by atoms with Crippen LogP contribution in [-0.2, 0) is 9.84 Å². The lowest BCUT2D eigenvalue weighted by Gasteiger charge is -2.24. The Morgan fingerprint density at radius 1 is 1.29 bits per heavy atom. The van der Waals surface area contributed by atoms with Crippen LogP contribution in [0.1, 0.15) is 26.7 Å². The highest BCUT2D eigenvalue weighted by Crippen LogP contribution is 2.26. The molecule has 1 saturated heterocycles. The molecule has 1 aromatic rings. The molecule has 0 saturated carbocycles. The van der Waals surface area contributed by atoms with Crippen LogP contribution in [0.3, 0.4) is 0 Å². The molecule has 0 amide bonds. The van der Waals surface area contributed by atoms with Crippen LogP contribution in [0.15, 0.2) is 0 Å².